The fourth-order valence-electron chi connectivity index (χ4n) is 3.22. The van der Waals surface area contributed by atoms with E-state index >= 15 is 0 Å². The molecular formula is C14H16ClNO2. The highest BCUT2D eigenvalue weighted by atomic mass is 35.5. The first-order chi connectivity index (χ1) is 8.56. The Morgan fingerprint density at radius 1 is 1.50 bits per heavy atom. The fourth-order valence-corrected chi connectivity index (χ4v) is 3.39. The van der Waals surface area contributed by atoms with Crippen LogP contribution in [0.4, 0.5) is 0 Å². The van der Waals surface area contributed by atoms with Gasteiger partial charge in [0.25, 0.3) is 0 Å². The van der Waals surface area contributed by atoms with E-state index in [1.807, 2.05) is 30.0 Å². The number of aliphatic hydroxyl groups excluding tert-OH is 1. The summed E-state index contributed by atoms with van der Waals surface area (Å²) in [6.07, 6.45) is 0.684. The number of aliphatic hydroxyl groups is 1. The smallest absolute Gasteiger partial charge is 0.233 e. The number of benzene rings is 1. The fraction of sp³-hybridized carbons (Fsp3) is 0.500. The van der Waals surface area contributed by atoms with E-state index < -0.39 is 5.41 Å². The zero-order chi connectivity index (χ0) is 12.9. The lowest BCUT2D eigenvalue weighted by Crippen LogP contribution is -2.59. The molecule has 0 unspecified atom stereocenters. The number of halogens is 1. The minimum atomic E-state index is -0.520. The molecule has 1 fully saturated rings. The average Bonchev–Trinajstić information content (AvgIpc) is 2.31. The van der Waals surface area contributed by atoms with Gasteiger partial charge in [0, 0.05) is 18.1 Å². The Morgan fingerprint density at radius 3 is 2.83 bits per heavy atom. The van der Waals surface area contributed by atoms with Crippen LogP contribution in [0.3, 0.4) is 0 Å². The van der Waals surface area contributed by atoms with Crippen molar-refractivity contribution >= 4 is 17.5 Å². The molecule has 1 spiro atoms. The first-order valence-corrected chi connectivity index (χ1v) is 6.71. The van der Waals surface area contributed by atoms with Crippen LogP contribution in [0.25, 0.3) is 0 Å². The SMILES string of the molecule is CCN1Cc2ccc(Cl)cc2C2(CC(O)C2)C1=O. The normalized spacial score (nSPS) is 30.3. The highest BCUT2D eigenvalue weighted by Crippen LogP contribution is 2.49. The lowest BCUT2D eigenvalue weighted by molar-refractivity contribution is -0.148. The molecule has 0 aromatic heterocycles. The zero-order valence-electron chi connectivity index (χ0n) is 10.3. The van der Waals surface area contributed by atoms with Gasteiger partial charge in [-0.25, -0.2) is 0 Å². The van der Waals surface area contributed by atoms with Gasteiger partial charge in [0.15, 0.2) is 0 Å². The van der Waals surface area contributed by atoms with E-state index in [-0.39, 0.29) is 12.0 Å². The molecule has 1 aromatic carbocycles. The quantitative estimate of drug-likeness (QED) is 0.845. The van der Waals surface area contributed by atoms with Crippen molar-refractivity contribution in [3.63, 3.8) is 0 Å². The molecule has 3 nitrogen and oxygen atoms in total. The molecule has 1 N–H and O–H groups in total. The van der Waals surface area contributed by atoms with Crippen LogP contribution in [0.1, 0.15) is 30.9 Å². The largest absolute Gasteiger partial charge is 0.393 e. The maximum atomic E-state index is 12.6. The minimum absolute atomic E-state index is 0.144. The Balaban J connectivity index is 2.12. The van der Waals surface area contributed by atoms with E-state index in [2.05, 4.69) is 0 Å². The molecular weight excluding hydrogens is 250 g/mol. The minimum Gasteiger partial charge on any atom is -0.393 e. The van der Waals surface area contributed by atoms with E-state index in [1.165, 1.54) is 0 Å². The standard InChI is InChI=1S/C14H16ClNO2/c1-2-16-8-9-3-4-10(15)5-12(9)14(13(16)18)6-11(17)7-14/h3-5,11,17H,2,6-8H2,1H3. The van der Waals surface area contributed by atoms with Crippen LogP contribution in [0, 0.1) is 0 Å². The molecule has 96 valence electrons. The van der Waals surface area contributed by atoms with Crippen molar-refractivity contribution in [1.82, 2.24) is 4.90 Å². The van der Waals surface area contributed by atoms with Crippen LogP contribution in [0.5, 0.6) is 0 Å². The second-order valence-corrected chi connectivity index (χ2v) is 5.70. The van der Waals surface area contributed by atoms with Gasteiger partial charge in [-0.15, -0.1) is 0 Å². The third-order valence-corrected chi connectivity index (χ3v) is 4.43. The molecule has 0 atom stereocenters. The van der Waals surface area contributed by atoms with E-state index in [9.17, 15) is 9.90 Å². The number of fused-ring (bicyclic) bond motifs is 2. The van der Waals surface area contributed by atoms with Crippen molar-refractivity contribution in [2.75, 3.05) is 6.54 Å². The number of carbonyl (C=O) groups is 1. The summed E-state index contributed by atoms with van der Waals surface area (Å²) in [5.74, 6) is 0.144. The Morgan fingerprint density at radius 2 is 2.22 bits per heavy atom. The summed E-state index contributed by atoms with van der Waals surface area (Å²) >= 11 is 6.05. The first kappa shape index (κ1) is 12.0. The van der Waals surface area contributed by atoms with E-state index in [0.29, 0.717) is 31.0 Å². The third kappa shape index (κ3) is 1.50. The van der Waals surface area contributed by atoms with E-state index in [0.717, 1.165) is 11.1 Å². The van der Waals surface area contributed by atoms with Gasteiger partial charge in [0.1, 0.15) is 0 Å². The molecule has 2 aliphatic rings. The molecule has 4 heteroatoms. The molecule has 0 radical (unpaired) electrons. The molecule has 0 bridgehead atoms. The van der Waals surface area contributed by atoms with Gasteiger partial charge in [-0.3, -0.25) is 4.79 Å². The lowest BCUT2D eigenvalue weighted by Gasteiger charge is -2.50. The number of hydrogen-bond donors (Lipinski definition) is 1. The van der Waals surface area contributed by atoms with Gasteiger partial charge < -0.3 is 10.0 Å². The molecule has 3 rings (SSSR count). The number of carbonyl (C=O) groups excluding carboxylic acids is 1. The van der Waals surface area contributed by atoms with E-state index in [1.54, 1.807) is 0 Å². The zero-order valence-corrected chi connectivity index (χ0v) is 11.1. The summed E-state index contributed by atoms with van der Waals surface area (Å²) in [5.41, 5.74) is 1.66. The first-order valence-electron chi connectivity index (χ1n) is 6.33. The number of nitrogens with zero attached hydrogens (tertiary/aromatic N) is 1. The average molecular weight is 266 g/mol. The molecule has 18 heavy (non-hydrogen) atoms. The van der Waals surface area contributed by atoms with Crippen molar-refractivity contribution in [2.24, 2.45) is 0 Å². The lowest BCUT2D eigenvalue weighted by atomic mass is 9.59. The van der Waals surface area contributed by atoms with Gasteiger partial charge in [-0.2, -0.15) is 0 Å². The van der Waals surface area contributed by atoms with Crippen LogP contribution in [-0.4, -0.2) is 28.6 Å². The predicted octanol–water partition coefficient (Wildman–Crippen LogP) is 2.09. The van der Waals surface area contributed by atoms with Crippen molar-refractivity contribution in [1.29, 1.82) is 0 Å². The second kappa shape index (κ2) is 3.97. The van der Waals surface area contributed by atoms with Crippen LogP contribution in [-0.2, 0) is 16.8 Å². The van der Waals surface area contributed by atoms with Gasteiger partial charge in [-0.1, -0.05) is 17.7 Å². The molecule has 0 saturated heterocycles. The summed E-state index contributed by atoms with van der Waals surface area (Å²) in [7, 11) is 0. The maximum Gasteiger partial charge on any atom is 0.233 e. The molecule has 1 saturated carbocycles. The Hall–Kier alpha value is -1.06. The Bertz CT molecular complexity index is 509. The van der Waals surface area contributed by atoms with Gasteiger partial charge in [0.2, 0.25) is 5.91 Å². The summed E-state index contributed by atoms with van der Waals surface area (Å²) in [6, 6.07) is 5.76. The number of amides is 1. The Labute approximate surface area is 111 Å². The van der Waals surface area contributed by atoms with Gasteiger partial charge in [-0.05, 0) is 43.0 Å². The molecule has 1 aliphatic carbocycles. The van der Waals surface area contributed by atoms with Crippen LogP contribution in [0.15, 0.2) is 18.2 Å². The van der Waals surface area contributed by atoms with Gasteiger partial charge in [0.05, 0.1) is 11.5 Å². The summed E-state index contributed by atoms with van der Waals surface area (Å²) in [6.45, 7) is 3.35. The van der Waals surface area contributed by atoms with Crippen LogP contribution >= 0.6 is 11.6 Å². The van der Waals surface area contributed by atoms with Gasteiger partial charge >= 0.3 is 0 Å². The van der Waals surface area contributed by atoms with Crippen molar-refractivity contribution in [3.05, 3.63) is 34.3 Å². The topological polar surface area (TPSA) is 40.5 Å². The molecule has 1 aliphatic heterocycles. The van der Waals surface area contributed by atoms with Crippen LogP contribution < -0.4 is 0 Å². The number of rotatable bonds is 1. The molecule has 1 amide bonds. The third-order valence-electron chi connectivity index (χ3n) is 4.20. The predicted molar refractivity (Wildman–Crippen MR) is 69.5 cm³/mol. The highest BCUT2D eigenvalue weighted by molar-refractivity contribution is 6.30. The van der Waals surface area contributed by atoms with E-state index in [4.69, 9.17) is 11.6 Å². The Kier molecular flexibility index (Phi) is 2.65. The number of likely N-dealkylation sites (N-methyl/N-ethyl adjacent to an activating group) is 1. The van der Waals surface area contributed by atoms with Crippen molar-refractivity contribution in [2.45, 2.75) is 37.8 Å². The highest BCUT2D eigenvalue weighted by Gasteiger charge is 2.55. The van der Waals surface area contributed by atoms with Crippen molar-refractivity contribution in [3.8, 4) is 0 Å². The second-order valence-electron chi connectivity index (χ2n) is 5.26. The summed E-state index contributed by atoms with van der Waals surface area (Å²) in [4.78, 5) is 14.4. The monoisotopic (exact) mass is 265 g/mol. The number of hydrogen-bond acceptors (Lipinski definition) is 2. The summed E-state index contributed by atoms with van der Waals surface area (Å²) < 4.78 is 0. The molecule has 1 aromatic rings. The van der Waals surface area contributed by atoms with Crippen LogP contribution in [0.2, 0.25) is 5.02 Å². The maximum absolute atomic E-state index is 12.6. The van der Waals surface area contributed by atoms with Crippen molar-refractivity contribution < 1.29 is 9.90 Å². The summed E-state index contributed by atoms with van der Waals surface area (Å²) in [5, 5.41) is 10.3. The molecule has 1 heterocycles.